The second kappa shape index (κ2) is 4.25. The first kappa shape index (κ1) is 10.9. The fourth-order valence-electron chi connectivity index (χ4n) is 1.64. The highest BCUT2D eigenvalue weighted by molar-refractivity contribution is 5.93. The standard InChI is InChI=1S/C11H13N5O2/c1-16-6-8(4-13-16)10(17)12-5-9-14-11(18-15-9)7-2-3-7/h4,6-7H,2-3,5H2,1H3,(H,12,17). The quantitative estimate of drug-likeness (QED) is 0.855. The Morgan fingerprint density at radius 1 is 1.61 bits per heavy atom. The Morgan fingerprint density at radius 3 is 3.11 bits per heavy atom. The Hall–Kier alpha value is -2.18. The van der Waals surface area contributed by atoms with Crippen LogP contribution in [0.1, 0.15) is 40.8 Å². The van der Waals surface area contributed by atoms with Gasteiger partial charge in [0.2, 0.25) is 5.89 Å². The van der Waals surface area contributed by atoms with Gasteiger partial charge >= 0.3 is 0 Å². The lowest BCUT2D eigenvalue weighted by atomic mass is 10.3. The van der Waals surface area contributed by atoms with E-state index < -0.39 is 0 Å². The summed E-state index contributed by atoms with van der Waals surface area (Å²) in [5, 5.41) is 10.5. The van der Waals surface area contributed by atoms with E-state index in [0.29, 0.717) is 23.2 Å². The molecule has 2 heterocycles. The molecule has 1 aliphatic rings. The summed E-state index contributed by atoms with van der Waals surface area (Å²) in [4.78, 5) is 16.0. The number of nitrogens with one attached hydrogen (secondary N) is 1. The highest BCUT2D eigenvalue weighted by Gasteiger charge is 2.29. The van der Waals surface area contributed by atoms with Gasteiger partial charge in [-0.25, -0.2) is 0 Å². The summed E-state index contributed by atoms with van der Waals surface area (Å²) in [5.74, 6) is 1.43. The Morgan fingerprint density at radius 2 is 2.44 bits per heavy atom. The van der Waals surface area contributed by atoms with Gasteiger partial charge in [-0.1, -0.05) is 5.16 Å². The predicted molar refractivity (Wildman–Crippen MR) is 60.7 cm³/mol. The molecule has 0 atom stereocenters. The van der Waals surface area contributed by atoms with Gasteiger partial charge in [0.15, 0.2) is 5.82 Å². The van der Waals surface area contributed by atoms with E-state index in [2.05, 4.69) is 20.6 Å². The Balaban J connectivity index is 1.58. The zero-order valence-corrected chi connectivity index (χ0v) is 9.96. The van der Waals surface area contributed by atoms with Crippen molar-refractivity contribution in [3.63, 3.8) is 0 Å². The fourth-order valence-corrected chi connectivity index (χ4v) is 1.64. The van der Waals surface area contributed by atoms with Crippen LogP contribution in [0.4, 0.5) is 0 Å². The molecule has 0 unspecified atom stereocenters. The average Bonchev–Trinajstić information content (AvgIpc) is 2.95. The number of carbonyl (C=O) groups excluding carboxylic acids is 1. The number of aromatic nitrogens is 4. The molecule has 1 fully saturated rings. The minimum atomic E-state index is -0.194. The van der Waals surface area contributed by atoms with Crippen LogP contribution in [0.15, 0.2) is 16.9 Å². The Bertz CT molecular complexity index is 570. The van der Waals surface area contributed by atoms with Crippen molar-refractivity contribution in [2.45, 2.75) is 25.3 Å². The van der Waals surface area contributed by atoms with Gasteiger partial charge in [0.25, 0.3) is 5.91 Å². The van der Waals surface area contributed by atoms with E-state index in [-0.39, 0.29) is 12.5 Å². The maximum absolute atomic E-state index is 11.7. The average molecular weight is 247 g/mol. The van der Waals surface area contributed by atoms with E-state index in [9.17, 15) is 4.79 Å². The smallest absolute Gasteiger partial charge is 0.254 e. The zero-order chi connectivity index (χ0) is 12.5. The highest BCUT2D eigenvalue weighted by Crippen LogP contribution is 2.38. The second-order valence-electron chi connectivity index (χ2n) is 4.41. The van der Waals surface area contributed by atoms with Crippen molar-refractivity contribution in [3.8, 4) is 0 Å². The van der Waals surface area contributed by atoms with Gasteiger partial charge in [-0.3, -0.25) is 9.48 Å². The van der Waals surface area contributed by atoms with E-state index in [1.54, 1.807) is 17.9 Å². The van der Waals surface area contributed by atoms with Crippen LogP contribution in [-0.4, -0.2) is 25.8 Å². The molecule has 0 bridgehead atoms. The van der Waals surface area contributed by atoms with Crippen LogP contribution >= 0.6 is 0 Å². The first-order chi connectivity index (χ1) is 8.72. The van der Waals surface area contributed by atoms with Gasteiger partial charge in [-0.2, -0.15) is 10.1 Å². The molecule has 2 aromatic rings. The summed E-state index contributed by atoms with van der Waals surface area (Å²) >= 11 is 0. The highest BCUT2D eigenvalue weighted by atomic mass is 16.5. The van der Waals surface area contributed by atoms with E-state index in [1.165, 1.54) is 6.20 Å². The van der Waals surface area contributed by atoms with Gasteiger partial charge in [0, 0.05) is 19.2 Å². The molecular formula is C11H13N5O2. The molecule has 2 aromatic heterocycles. The molecule has 1 aliphatic carbocycles. The summed E-state index contributed by atoms with van der Waals surface area (Å²) in [6.45, 7) is 0.268. The number of rotatable bonds is 4. The number of hydrogen-bond donors (Lipinski definition) is 1. The number of nitrogens with zero attached hydrogens (tertiary/aromatic N) is 4. The summed E-state index contributed by atoms with van der Waals surface area (Å²) in [6.07, 6.45) is 5.40. The molecule has 94 valence electrons. The summed E-state index contributed by atoms with van der Waals surface area (Å²) in [7, 11) is 1.76. The third kappa shape index (κ3) is 2.24. The molecule has 0 spiro atoms. The van der Waals surface area contributed by atoms with Gasteiger partial charge < -0.3 is 9.84 Å². The lowest BCUT2D eigenvalue weighted by Crippen LogP contribution is -2.23. The zero-order valence-electron chi connectivity index (χ0n) is 9.96. The van der Waals surface area contributed by atoms with Crippen LogP contribution in [-0.2, 0) is 13.6 Å². The summed E-state index contributed by atoms with van der Waals surface area (Å²) in [5.41, 5.74) is 0.517. The molecular weight excluding hydrogens is 234 g/mol. The Kier molecular flexibility index (Phi) is 2.58. The van der Waals surface area contributed by atoms with E-state index in [0.717, 1.165) is 12.8 Å². The molecule has 0 radical (unpaired) electrons. The molecule has 0 saturated heterocycles. The van der Waals surface area contributed by atoms with Crippen molar-refractivity contribution < 1.29 is 9.32 Å². The molecule has 0 aromatic carbocycles. The fraction of sp³-hybridized carbons (Fsp3) is 0.455. The maximum atomic E-state index is 11.7. The SMILES string of the molecule is Cn1cc(C(=O)NCc2noc(C3CC3)n2)cn1. The minimum Gasteiger partial charge on any atom is -0.345 e. The molecule has 7 nitrogen and oxygen atoms in total. The predicted octanol–water partition coefficient (Wildman–Crippen LogP) is 0.611. The maximum Gasteiger partial charge on any atom is 0.254 e. The van der Waals surface area contributed by atoms with Crippen molar-refractivity contribution >= 4 is 5.91 Å². The van der Waals surface area contributed by atoms with Gasteiger partial charge in [0.1, 0.15) is 0 Å². The molecule has 0 aliphatic heterocycles. The molecule has 7 heteroatoms. The number of carbonyl (C=O) groups is 1. The van der Waals surface area contributed by atoms with Crippen LogP contribution < -0.4 is 5.32 Å². The lowest BCUT2D eigenvalue weighted by molar-refractivity contribution is 0.0949. The van der Waals surface area contributed by atoms with Crippen LogP contribution in [0.3, 0.4) is 0 Å². The van der Waals surface area contributed by atoms with Crippen LogP contribution in [0.2, 0.25) is 0 Å². The van der Waals surface area contributed by atoms with Crippen molar-refractivity contribution in [2.24, 2.45) is 7.05 Å². The first-order valence-electron chi connectivity index (χ1n) is 5.81. The summed E-state index contributed by atoms with van der Waals surface area (Å²) < 4.78 is 6.68. The molecule has 3 rings (SSSR count). The van der Waals surface area contributed by atoms with Crippen molar-refractivity contribution in [1.29, 1.82) is 0 Å². The van der Waals surface area contributed by atoms with Gasteiger partial charge in [-0.15, -0.1) is 0 Å². The minimum absolute atomic E-state index is 0.194. The largest absolute Gasteiger partial charge is 0.345 e. The van der Waals surface area contributed by atoms with Gasteiger partial charge in [-0.05, 0) is 12.8 Å². The Labute approximate surface area is 103 Å². The van der Waals surface area contributed by atoms with Crippen molar-refractivity contribution in [1.82, 2.24) is 25.2 Å². The van der Waals surface area contributed by atoms with E-state index in [1.807, 2.05) is 0 Å². The van der Waals surface area contributed by atoms with Crippen molar-refractivity contribution in [3.05, 3.63) is 29.7 Å². The molecule has 1 N–H and O–H groups in total. The molecule has 1 amide bonds. The third-order valence-corrected chi connectivity index (χ3v) is 2.78. The summed E-state index contributed by atoms with van der Waals surface area (Å²) in [6, 6.07) is 0. The number of hydrogen-bond acceptors (Lipinski definition) is 5. The molecule has 1 saturated carbocycles. The number of aryl methyl sites for hydroxylation is 1. The third-order valence-electron chi connectivity index (χ3n) is 2.78. The lowest BCUT2D eigenvalue weighted by Gasteiger charge is -1.98. The monoisotopic (exact) mass is 247 g/mol. The van der Waals surface area contributed by atoms with Crippen molar-refractivity contribution in [2.75, 3.05) is 0 Å². The van der Waals surface area contributed by atoms with Crippen LogP contribution in [0, 0.1) is 0 Å². The van der Waals surface area contributed by atoms with Gasteiger partial charge in [0.05, 0.1) is 18.3 Å². The topological polar surface area (TPSA) is 85.8 Å². The molecule has 18 heavy (non-hydrogen) atoms. The van der Waals surface area contributed by atoms with Crippen LogP contribution in [0.25, 0.3) is 0 Å². The van der Waals surface area contributed by atoms with Crippen LogP contribution in [0.5, 0.6) is 0 Å². The van der Waals surface area contributed by atoms with E-state index in [4.69, 9.17) is 4.52 Å². The second-order valence-corrected chi connectivity index (χ2v) is 4.41. The number of amides is 1. The first-order valence-corrected chi connectivity index (χ1v) is 5.81. The normalized spacial score (nSPS) is 14.7. The van der Waals surface area contributed by atoms with E-state index >= 15 is 0 Å².